The number of aromatic nitrogens is 5. The van der Waals surface area contributed by atoms with Gasteiger partial charge in [0.2, 0.25) is 11.9 Å². The zero-order valence-corrected chi connectivity index (χ0v) is 16.8. The molecule has 0 amide bonds. The van der Waals surface area contributed by atoms with Gasteiger partial charge >= 0.3 is 6.18 Å². The summed E-state index contributed by atoms with van der Waals surface area (Å²) in [5.74, 6) is 0.241. The smallest absolute Gasteiger partial charge is 0.358 e. The molecule has 3 aromatic heterocycles. The molecule has 0 aliphatic carbocycles. The van der Waals surface area contributed by atoms with Crippen LogP contribution in [0.4, 0.5) is 30.8 Å². The van der Waals surface area contributed by atoms with Crippen LogP contribution in [0.25, 0.3) is 11.5 Å². The van der Waals surface area contributed by atoms with Crippen LogP contribution in [0.2, 0.25) is 0 Å². The molecule has 0 aromatic carbocycles. The Morgan fingerprint density at radius 2 is 2.03 bits per heavy atom. The van der Waals surface area contributed by atoms with Crippen molar-refractivity contribution in [1.82, 2.24) is 24.9 Å². The average Bonchev–Trinajstić information content (AvgIpc) is 3.33. The second-order valence-corrected chi connectivity index (χ2v) is 6.93. The van der Waals surface area contributed by atoms with E-state index in [1.54, 1.807) is 18.0 Å². The van der Waals surface area contributed by atoms with Crippen LogP contribution in [0.3, 0.4) is 0 Å². The second-order valence-electron chi connectivity index (χ2n) is 6.93. The lowest BCUT2D eigenvalue weighted by molar-refractivity contribution is -0.141. The summed E-state index contributed by atoms with van der Waals surface area (Å²) in [5, 5.41) is 12.0. The largest absolute Gasteiger partial charge is 0.433 e. The molecule has 4 heterocycles. The van der Waals surface area contributed by atoms with Crippen molar-refractivity contribution < 1.29 is 17.9 Å². The Bertz CT molecular complexity index is 1160. The van der Waals surface area contributed by atoms with Crippen molar-refractivity contribution in [2.24, 2.45) is 0 Å². The van der Waals surface area contributed by atoms with Gasteiger partial charge in [-0.25, -0.2) is 9.97 Å². The second kappa shape index (κ2) is 8.72. The van der Waals surface area contributed by atoms with Gasteiger partial charge in [-0.15, -0.1) is 0 Å². The predicted molar refractivity (Wildman–Crippen MR) is 108 cm³/mol. The van der Waals surface area contributed by atoms with Gasteiger partial charge in [0.05, 0.1) is 0 Å². The Kier molecular flexibility index (Phi) is 5.83. The van der Waals surface area contributed by atoms with Gasteiger partial charge in [-0.2, -0.15) is 33.4 Å². The van der Waals surface area contributed by atoms with Gasteiger partial charge in [0.25, 0.3) is 0 Å². The van der Waals surface area contributed by atoms with Crippen molar-refractivity contribution in [2.75, 3.05) is 23.9 Å². The van der Waals surface area contributed by atoms with Crippen LogP contribution >= 0.6 is 0 Å². The molecule has 1 aliphatic heterocycles. The Hall–Kier alpha value is -3.85. The fourth-order valence-electron chi connectivity index (χ4n) is 3.10. The maximum Gasteiger partial charge on any atom is 0.433 e. The third-order valence-corrected chi connectivity index (χ3v) is 4.68. The highest BCUT2D eigenvalue weighted by Gasteiger charge is 2.33. The Balaban J connectivity index is 1.76. The van der Waals surface area contributed by atoms with Crippen LogP contribution in [0.5, 0.6) is 0 Å². The molecule has 0 radical (unpaired) electrons. The standard InChI is InChI=1S/C20H17F3N8O/c1-31(16-6-3-9-32-16)19-29-17(14-4-2-5-15(27-14)20(21,22)23)28-18(30-19)26-12-7-8-25-13(10-12)11-24/h2,4-5,7-8,10,16H,3,6,9H2,1H3,(H,25,26,28,29,30). The quantitative estimate of drug-likeness (QED) is 0.634. The van der Waals surface area contributed by atoms with Crippen molar-refractivity contribution >= 4 is 17.6 Å². The number of nitrogens with zero attached hydrogens (tertiary/aromatic N) is 7. The first-order chi connectivity index (χ1) is 15.3. The number of alkyl halides is 3. The van der Waals surface area contributed by atoms with Crippen LogP contribution in [0.15, 0.2) is 36.5 Å². The van der Waals surface area contributed by atoms with Crippen molar-refractivity contribution in [2.45, 2.75) is 25.2 Å². The van der Waals surface area contributed by atoms with Gasteiger partial charge in [0.1, 0.15) is 29.4 Å². The number of rotatable bonds is 5. The minimum Gasteiger partial charge on any atom is -0.358 e. The van der Waals surface area contributed by atoms with Crippen molar-refractivity contribution in [3.8, 4) is 17.6 Å². The first kappa shape index (κ1) is 21.4. The molecule has 32 heavy (non-hydrogen) atoms. The zero-order valence-electron chi connectivity index (χ0n) is 16.8. The summed E-state index contributed by atoms with van der Waals surface area (Å²) >= 11 is 0. The number of halogens is 3. The summed E-state index contributed by atoms with van der Waals surface area (Å²) in [6.45, 7) is 0.598. The van der Waals surface area contributed by atoms with E-state index in [9.17, 15) is 13.2 Å². The molecular formula is C20H17F3N8O. The van der Waals surface area contributed by atoms with E-state index in [1.807, 2.05) is 6.07 Å². The molecule has 1 saturated heterocycles. The monoisotopic (exact) mass is 442 g/mol. The van der Waals surface area contributed by atoms with Gasteiger partial charge in [-0.05, 0) is 37.1 Å². The molecule has 0 bridgehead atoms. The lowest BCUT2D eigenvalue weighted by Gasteiger charge is -2.24. The normalized spacial score (nSPS) is 15.9. The Morgan fingerprint density at radius 1 is 1.19 bits per heavy atom. The molecule has 4 rings (SSSR count). The molecule has 1 aliphatic rings. The lowest BCUT2D eigenvalue weighted by Crippen LogP contribution is -2.32. The number of hydrogen-bond acceptors (Lipinski definition) is 9. The number of hydrogen-bond donors (Lipinski definition) is 1. The average molecular weight is 442 g/mol. The summed E-state index contributed by atoms with van der Waals surface area (Å²) in [5.41, 5.74) is -0.441. The van der Waals surface area contributed by atoms with Crippen molar-refractivity contribution in [3.05, 3.63) is 47.9 Å². The van der Waals surface area contributed by atoms with Crippen molar-refractivity contribution in [1.29, 1.82) is 5.26 Å². The molecule has 1 N–H and O–H groups in total. The highest BCUT2D eigenvalue weighted by atomic mass is 19.4. The zero-order chi connectivity index (χ0) is 22.7. The molecule has 12 heteroatoms. The third-order valence-electron chi connectivity index (χ3n) is 4.68. The third kappa shape index (κ3) is 4.73. The van der Waals surface area contributed by atoms with Crippen LogP contribution in [-0.2, 0) is 10.9 Å². The van der Waals surface area contributed by atoms with Crippen LogP contribution in [0.1, 0.15) is 24.2 Å². The predicted octanol–water partition coefficient (Wildman–Crippen LogP) is 3.54. The molecule has 0 spiro atoms. The summed E-state index contributed by atoms with van der Waals surface area (Å²) in [7, 11) is 1.73. The molecule has 9 nitrogen and oxygen atoms in total. The van der Waals surface area contributed by atoms with E-state index in [1.165, 1.54) is 24.4 Å². The number of nitrogens with one attached hydrogen (secondary N) is 1. The topological polar surface area (TPSA) is 113 Å². The van der Waals surface area contributed by atoms with Crippen LogP contribution in [0, 0.1) is 11.3 Å². The van der Waals surface area contributed by atoms with Gasteiger partial charge < -0.3 is 15.0 Å². The number of anilines is 3. The van der Waals surface area contributed by atoms with E-state index in [0.29, 0.717) is 12.3 Å². The lowest BCUT2D eigenvalue weighted by atomic mass is 10.3. The molecule has 3 aromatic rings. The van der Waals surface area contributed by atoms with E-state index >= 15 is 0 Å². The van der Waals surface area contributed by atoms with E-state index in [0.717, 1.165) is 18.9 Å². The molecular weight excluding hydrogens is 425 g/mol. The SMILES string of the molecule is CN(c1nc(Nc2ccnc(C#N)c2)nc(-c2cccc(C(F)(F)F)n2)n1)C1CCCO1. The minimum atomic E-state index is -4.60. The van der Waals surface area contributed by atoms with Crippen molar-refractivity contribution in [3.63, 3.8) is 0 Å². The van der Waals surface area contributed by atoms with Gasteiger partial charge in [0, 0.05) is 25.5 Å². The maximum atomic E-state index is 13.1. The number of ether oxygens (including phenoxy) is 1. The number of pyridine rings is 2. The minimum absolute atomic E-state index is 0.0389. The first-order valence-electron chi connectivity index (χ1n) is 9.62. The summed E-state index contributed by atoms with van der Waals surface area (Å²) in [4.78, 5) is 22.3. The van der Waals surface area contributed by atoms with Crippen LogP contribution < -0.4 is 10.2 Å². The summed E-state index contributed by atoms with van der Waals surface area (Å²) in [6.07, 6.45) is -1.79. The van der Waals surface area contributed by atoms with Gasteiger partial charge in [-0.1, -0.05) is 6.07 Å². The van der Waals surface area contributed by atoms with E-state index in [2.05, 4.69) is 30.2 Å². The fraction of sp³-hybridized carbons (Fsp3) is 0.300. The molecule has 1 atom stereocenters. The van der Waals surface area contributed by atoms with Gasteiger partial charge in [0.15, 0.2) is 5.82 Å². The highest BCUT2D eigenvalue weighted by molar-refractivity contribution is 5.59. The van der Waals surface area contributed by atoms with Gasteiger partial charge in [-0.3, -0.25) is 0 Å². The Morgan fingerprint density at radius 3 is 2.75 bits per heavy atom. The highest BCUT2D eigenvalue weighted by Crippen LogP contribution is 2.30. The Labute approximate surface area is 181 Å². The molecule has 1 unspecified atom stereocenters. The van der Waals surface area contributed by atoms with Crippen LogP contribution in [-0.4, -0.2) is 44.8 Å². The van der Waals surface area contributed by atoms with E-state index < -0.39 is 11.9 Å². The fourth-order valence-corrected chi connectivity index (χ4v) is 3.10. The number of nitriles is 1. The van der Waals surface area contributed by atoms with E-state index in [4.69, 9.17) is 10.00 Å². The molecule has 0 saturated carbocycles. The first-order valence-corrected chi connectivity index (χ1v) is 9.62. The van der Waals surface area contributed by atoms with E-state index in [-0.39, 0.29) is 35.3 Å². The summed E-state index contributed by atoms with van der Waals surface area (Å²) in [6, 6.07) is 8.55. The molecule has 164 valence electrons. The summed E-state index contributed by atoms with van der Waals surface area (Å²) < 4.78 is 45.1. The maximum absolute atomic E-state index is 13.1. The molecule has 1 fully saturated rings.